The van der Waals surface area contributed by atoms with E-state index in [4.69, 9.17) is 0 Å². The van der Waals surface area contributed by atoms with Crippen molar-refractivity contribution < 1.29 is 18.0 Å². The van der Waals surface area contributed by atoms with Gasteiger partial charge in [-0.2, -0.15) is 0 Å². The quantitative estimate of drug-likeness (QED) is 0.574. The van der Waals surface area contributed by atoms with Gasteiger partial charge in [0.1, 0.15) is 12.6 Å². The summed E-state index contributed by atoms with van der Waals surface area (Å²) in [4.78, 5) is 27.8. The molecule has 0 spiro atoms. The van der Waals surface area contributed by atoms with Crippen molar-refractivity contribution >= 4 is 27.5 Å². The topological polar surface area (TPSA) is 86.8 Å². The smallest absolute Gasteiger partial charge is 0.244 e. The first-order valence-corrected chi connectivity index (χ1v) is 13.0. The molecule has 0 aliphatic carbocycles. The van der Waals surface area contributed by atoms with Crippen LogP contribution in [-0.2, 0) is 26.2 Å². The van der Waals surface area contributed by atoms with Gasteiger partial charge in [0, 0.05) is 13.1 Å². The molecule has 2 rings (SSSR count). The highest BCUT2D eigenvalue weighted by atomic mass is 32.2. The summed E-state index contributed by atoms with van der Waals surface area (Å²) >= 11 is 0. The Morgan fingerprint density at radius 3 is 2.09 bits per heavy atom. The van der Waals surface area contributed by atoms with Crippen LogP contribution in [0.1, 0.15) is 42.5 Å². The molecule has 0 bridgehead atoms. The first kappa shape index (κ1) is 26.4. The third-order valence-corrected chi connectivity index (χ3v) is 6.80. The van der Waals surface area contributed by atoms with E-state index >= 15 is 0 Å². The highest BCUT2D eigenvalue weighted by Gasteiger charge is 2.31. The molecule has 8 heteroatoms. The van der Waals surface area contributed by atoms with E-state index in [1.165, 1.54) is 4.90 Å². The van der Waals surface area contributed by atoms with Crippen LogP contribution in [0.15, 0.2) is 42.5 Å². The number of aryl methyl sites for hydroxylation is 3. The number of rotatable bonds is 10. The van der Waals surface area contributed by atoms with Gasteiger partial charge in [-0.05, 0) is 56.4 Å². The van der Waals surface area contributed by atoms with Crippen molar-refractivity contribution in [1.29, 1.82) is 0 Å². The highest BCUT2D eigenvalue weighted by molar-refractivity contribution is 7.92. The highest BCUT2D eigenvalue weighted by Crippen LogP contribution is 2.27. The van der Waals surface area contributed by atoms with Gasteiger partial charge in [-0.1, -0.05) is 49.4 Å². The van der Waals surface area contributed by atoms with Crippen LogP contribution < -0.4 is 9.62 Å². The van der Waals surface area contributed by atoms with Gasteiger partial charge >= 0.3 is 0 Å². The van der Waals surface area contributed by atoms with E-state index in [0.717, 1.165) is 39.2 Å². The zero-order chi connectivity index (χ0) is 24.8. The Morgan fingerprint density at radius 1 is 0.970 bits per heavy atom. The number of hydrogen-bond acceptors (Lipinski definition) is 4. The molecule has 0 heterocycles. The number of anilines is 1. The first-order valence-electron chi connectivity index (χ1n) is 11.1. The lowest BCUT2D eigenvalue weighted by atomic mass is 10.1. The van der Waals surface area contributed by atoms with Crippen LogP contribution in [-0.4, -0.2) is 50.5 Å². The second-order valence-electron chi connectivity index (χ2n) is 8.43. The zero-order valence-corrected chi connectivity index (χ0v) is 21.2. The summed E-state index contributed by atoms with van der Waals surface area (Å²) < 4.78 is 26.6. The van der Waals surface area contributed by atoms with Gasteiger partial charge in [-0.15, -0.1) is 0 Å². The number of nitrogens with one attached hydrogen (secondary N) is 1. The second kappa shape index (κ2) is 11.3. The van der Waals surface area contributed by atoms with E-state index in [1.807, 2.05) is 70.2 Å². The normalized spacial score (nSPS) is 12.2. The molecular weight excluding hydrogens is 438 g/mol. The molecule has 2 amide bonds. The van der Waals surface area contributed by atoms with E-state index in [1.54, 1.807) is 6.92 Å². The Morgan fingerprint density at radius 2 is 1.55 bits per heavy atom. The van der Waals surface area contributed by atoms with Crippen LogP contribution in [0.4, 0.5) is 5.69 Å². The van der Waals surface area contributed by atoms with Gasteiger partial charge in [0.25, 0.3) is 0 Å². The third-order valence-electron chi connectivity index (χ3n) is 5.69. The van der Waals surface area contributed by atoms with Gasteiger partial charge < -0.3 is 10.2 Å². The molecule has 180 valence electrons. The summed E-state index contributed by atoms with van der Waals surface area (Å²) in [6.45, 7) is 9.53. The molecule has 1 N–H and O–H groups in total. The minimum Gasteiger partial charge on any atom is -0.354 e. The average Bonchev–Trinajstić information content (AvgIpc) is 2.74. The molecule has 0 saturated carbocycles. The molecule has 1 atom stereocenters. The van der Waals surface area contributed by atoms with Gasteiger partial charge in [-0.3, -0.25) is 13.9 Å². The Kier molecular flexibility index (Phi) is 9.05. The Balaban J connectivity index is 2.45. The maximum atomic E-state index is 13.6. The average molecular weight is 474 g/mol. The molecule has 33 heavy (non-hydrogen) atoms. The first-order chi connectivity index (χ1) is 15.5. The minimum absolute atomic E-state index is 0.205. The fourth-order valence-electron chi connectivity index (χ4n) is 3.72. The zero-order valence-electron chi connectivity index (χ0n) is 20.4. The second-order valence-corrected chi connectivity index (χ2v) is 10.3. The van der Waals surface area contributed by atoms with Crippen molar-refractivity contribution in [2.45, 2.75) is 53.6 Å². The SMILES string of the molecule is CCCNC(=O)[C@@H](C)N(Cc1ccccc1C)C(=O)CN(c1c(C)cccc1C)S(C)(=O)=O. The summed E-state index contributed by atoms with van der Waals surface area (Å²) in [5.74, 6) is -0.706. The molecule has 0 aromatic heterocycles. The number of carbonyl (C=O) groups excluding carboxylic acids is 2. The van der Waals surface area contributed by atoms with Gasteiger partial charge in [0.15, 0.2) is 0 Å². The van der Waals surface area contributed by atoms with E-state index < -0.39 is 22.0 Å². The molecule has 7 nitrogen and oxygen atoms in total. The van der Waals surface area contributed by atoms with Gasteiger partial charge in [-0.25, -0.2) is 8.42 Å². The Labute approximate surface area is 197 Å². The molecule has 0 saturated heterocycles. The predicted octanol–water partition coefficient (Wildman–Crippen LogP) is 3.32. The van der Waals surface area contributed by atoms with E-state index in [-0.39, 0.29) is 19.0 Å². The fourth-order valence-corrected chi connectivity index (χ4v) is 4.69. The third kappa shape index (κ3) is 6.81. The van der Waals surface area contributed by atoms with E-state index in [9.17, 15) is 18.0 Å². The monoisotopic (exact) mass is 473 g/mol. The number of para-hydroxylation sites is 1. The van der Waals surface area contributed by atoms with Gasteiger partial charge in [0.2, 0.25) is 21.8 Å². The number of sulfonamides is 1. The maximum absolute atomic E-state index is 13.6. The van der Waals surface area contributed by atoms with Crippen LogP contribution in [0.3, 0.4) is 0 Å². The molecule has 0 aliphatic rings. The number of benzene rings is 2. The lowest BCUT2D eigenvalue weighted by Gasteiger charge is -2.32. The molecular formula is C25H35N3O4S. The fraction of sp³-hybridized carbons (Fsp3) is 0.440. The molecule has 0 unspecified atom stereocenters. The maximum Gasteiger partial charge on any atom is 0.244 e. The lowest BCUT2D eigenvalue weighted by molar-refractivity contribution is -0.139. The molecule has 0 fully saturated rings. The summed E-state index contributed by atoms with van der Waals surface area (Å²) in [5, 5.41) is 2.84. The number of hydrogen-bond donors (Lipinski definition) is 1. The number of nitrogens with zero attached hydrogens (tertiary/aromatic N) is 2. The van der Waals surface area contributed by atoms with Crippen LogP contribution in [0.2, 0.25) is 0 Å². The van der Waals surface area contributed by atoms with Crippen molar-refractivity contribution in [2.75, 3.05) is 23.7 Å². The molecule has 2 aromatic carbocycles. The minimum atomic E-state index is -3.75. The van der Waals surface area contributed by atoms with Crippen LogP contribution >= 0.6 is 0 Å². The predicted molar refractivity (Wildman–Crippen MR) is 133 cm³/mol. The largest absolute Gasteiger partial charge is 0.354 e. The molecule has 2 aromatic rings. The Bertz CT molecular complexity index is 1080. The standard InChI is InChI=1S/C25H35N3O4S/c1-7-15-26-25(30)21(5)27(16-22-14-9-8-11-18(22)2)23(29)17-28(33(6,31)32)24-19(3)12-10-13-20(24)4/h8-14,21H,7,15-17H2,1-6H3,(H,26,30)/t21-/m1/s1. The van der Waals surface area contributed by atoms with Crippen molar-refractivity contribution in [3.05, 3.63) is 64.7 Å². The summed E-state index contributed by atoms with van der Waals surface area (Å²) in [6.07, 6.45) is 1.87. The van der Waals surface area contributed by atoms with Crippen LogP contribution in [0, 0.1) is 20.8 Å². The molecule has 0 aliphatic heterocycles. The lowest BCUT2D eigenvalue weighted by Crippen LogP contribution is -2.51. The van der Waals surface area contributed by atoms with Crippen LogP contribution in [0.5, 0.6) is 0 Å². The number of amides is 2. The summed E-state index contributed by atoms with van der Waals surface area (Å²) in [5.41, 5.74) is 3.90. The van der Waals surface area contributed by atoms with Crippen LogP contribution in [0.25, 0.3) is 0 Å². The van der Waals surface area contributed by atoms with E-state index in [2.05, 4.69) is 5.32 Å². The van der Waals surface area contributed by atoms with Crippen molar-refractivity contribution in [3.63, 3.8) is 0 Å². The molecule has 0 radical (unpaired) electrons. The number of carbonyl (C=O) groups is 2. The van der Waals surface area contributed by atoms with Gasteiger partial charge in [0.05, 0.1) is 11.9 Å². The Hall–Kier alpha value is -2.87. The summed E-state index contributed by atoms with van der Waals surface area (Å²) in [7, 11) is -3.75. The van der Waals surface area contributed by atoms with Crippen molar-refractivity contribution in [1.82, 2.24) is 10.2 Å². The van der Waals surface area contributed by atoms with Crippen molar-refractivity contribution in [2.24, 2.45) is 0 Å². The van der Waals surface area contributed by atoms with E-state index in [0.29, 0.717) is 12.2 Å². The summed E-state index contributed by atoms with van der Waals surface area (Å²) in [6, 6.07) is 12.4. The van der Waals surface area contributed by atoms with Crippen molar-refractivity contribution in [3.8, 4) is 0 Å².